The number of benzene rings is 1. The molecular weight excluding hydrogens is 210 g/mol. The van der Waals surface area contributed by atoms with E-state index in [4.69, 9.17) is 10.5 Å². The highest BCUT2D eigenvalue weighted by Crippen LogP contribution is 2.29. The highest BCUT2D eigenvalue weighted by molar-refractivity contribution is 5.25. The quantitative estimate of drug-likeness (QED) is 0.867. The molecule has 1 aliphatic rings. The molecule has 2 N–H and O–H groups in total. The maximum absolute atomic E-state index is 6.31. The second kappa shape index (κ2) is 5.65. The number of nitrogens with two attached hydrogens (primary N) is 1. The predicted molar refractivity (Wildman–Crippen MR) is 70.9 cm³/mol. The zero-order valence-electron chi connectivity index (χ0n) is 10.9. The van der Waals surface area contributed by atoms with E-state index in [0.717, 1.165) is 19.4 Å². The van der Waals surface area contributed by atoms with Crippen molar-refractivity contribution < 1.29 is 4.74 Å². The SMILES string of the molecule is CCCc1ccc(C(N)C2COC(C)C2)cc1. The van der Waals surface area contributed by atoms with Crippen LogP contribution in [0.4, 0.5) is 0 Å². The molecule has 0 aromatic heterocycles. The van der Waals surface area contributed by atoms with Crippen LogP contribution in [0.15, 0.2) is 24.3 Å². The first kappa shape index (κ1) is 12.6. The van der Waals surface area contributed by atoms with Gasteiger partial charge in [-0.2, -0.15) is 0 Å². The summed E-state index contributed by atoms with van der Waals surface area (Å²) in [6.45, 7) is 5.13. The van der Waals surface area contributed by atoms with E-state index >= 15 is 0 Å². The molecule has 1 saturated heterocycles. The van der Waals surface area contributed by atoms with Gasteiger partial charge < -0.3 is 10.5 Å². The predicted octanol–water partition coefficient (Wildman–Crippen LogP) is 3.06. The number of hydrogen-bond donors (Lipinski definition) is 1. The molecule has 0 radical (unpaired) electrons. The lowest BCUT2D eigenvalue weighted by Gasteiger charge is -2.18. The van der Waals surface area contributed by atoms with Crippen LogP contribution in [0.3, 0.4) is 0 Å². The summed E-state index contributed by atoms with van der Waals surface area (Å²) in [5.41, 5.74) is 8.95. The molecule has 1 heterocycles. The van der Waals surface area contributed by atoms with Gasteiger partial charge in [0.1, 0.15) is 0 Å². The van der Waals surface area contributed by atoms with E-state index in [-0.39, 0.29) is 6.04 Å². The zero-order valence-corrected chi connectivity index (χ0v) is 10.9. The molecule has 0 spiro atoms. The van der Waals surface area contributed by atoms with Gasteiger partial charge in [0, 0.05) is 12.0 Å². The van der Waals surface area contributed by atoms with Crippen LogP contribution in [0.1, 0.15) is 43.9 Å². The third-order valence-electron chi connectivity index (χ3n) is 3.64. The van der Waals surface area contributed by atoms with Crippen molar-refractivity contribution >= 4 is 0 Å². The van der Waals surface area contributed by atoms with Crippen molar-refractivity contribution in [2.24, 2.45) is 11.7 Å². The minimum Gasteiger partial charge on any atom is -0.378 e. The fourth-order valence-corrected chi connectivity index (χ4v) is 2.57. The van der Waals surface area contributed by atoms with Crippen LogP contribution >= 0.6 is 0 Å². The van der Waals surface area contributed by atoms with Crippen LogP contribution in [0.5, 0.6) is 0 Å². The van der Waals surface area contributed by atoms with E-state index in [1.165, 1.54) is 17.5 Å². The Morgan fingerprint density at radius 3 is 2.59 bits per heavy atom. The minimum absolute atomic E-state index is 0.121. The number of ether oxygens (including phenoxy) is 1. The Balaban J connectivity index is 2.01. The summed E-state index contributed by atoms with van der Waals surface area (Å²) in [5, 5.41) is 0. The molecule has 3 unspecified atom stereocenters. The molecule has 0 bridgehead atoms. The van der Waals surface area contributed by atoms with Crippen molar-refractivity contribution in [2.75, 3.05) is 6.61 Å². The van der Waals surface area contributed by atoms with Gasteiger partial charge in [-0.3, -0.25) is 0 Å². The van der Waals surface area contributed by atoms with Crippen molar-refractivity contribution in [2.45, 2.75) is 45.3 Å². The Morgan fingerprint density at radius 2 is 2.06 bits per heavy atom. The molecule has 2 heteroatoms. The summed E-state index contributed by atoms with van der Waals surface area (Å²) in [5.74, 6) is 0.474. The summed E-state index contributed by atoms with van der Waals surface area (Å²) in [6.07, 6.45) is 3.79. The van der Waals surface area contributed by atoms with Gasteiger partial charge in [0.05, 0.1) is 12.7 Å². The second-order valence-electron chi connectivity index (χ2n) is 5.16. The lowest BCUT2D eigenvalue weighted by atomic mass is 9.91. The average Bonchev–Trinajstić information content (AvgIpc) is 2.76. The highest BCUT2D eigenvalue weighted by Gasteiger charge is 2.28. The molecule has 0 aliphatic carbocycles. The summed E-state index contributed by atoms with van der Waals surface area (Å²) >= 11 is 0. The fraction of sp³-hybridized carbons (Fsp3) is 0.600. The molecule has 0 amide bonds. The first-order valence-corrected chi connectivity index (χ1v) is 6.66. The van der Waals surface area contributed by atoms with Crippen LogP contribution in [-0.4, -0.2) is 12.7 Å². The summed E-state index contributed by atoms with van der Waals surface area (Å²) in [7, 11) is 0. The molecule has 94 valence electrons. The van der Waals surface area contributed by atoms with Gasteiger partial charge in [-0.05, 0) is 30.9 Å². The van der Waals surface area contributed by atoms with E-state index in [0.29, 0.717) is 12.0 Å². The Bertz CT molecular complexity index is 346. The third kappa shape index (κ3) is 3.08. The smallest absolute Gasteiger partial charge is 0.0551 e. The normalized spacial score (nSPS) is 26.1. The molecule has 0 saturated carbocycles. The fourth-order valence-electron chi connectivity index (χ4n) is 2.57. The molecule has 2 rings (SSSR count). The van der Waals surface area contributed by atoms with Crippen molar-refractivity contribution in [3.05, 3.63) is 35.4 Å². The number of rotatable bonds is 4. The van der Waals surface area contributed by atoms with Gasteiger partial charge in [0.2, 0.25) is 0 Å². The molecule has 1 aromatic rings. The average molecular weight is 233 g/mol. The molecule has 2 nitrogen and oxygen atoms in total. The summed E-state index contributed by atoms with van der Waals surface area (Å²) < 4.78 is 5.59. The van der Waals surface area contributed by atoms with E-state index in [2.05, 4.69) is 38.1 Å². The minimum atomic E-state index is 0.121. The van der Waals surface area contributed by atoms with Crippen molar-refractivity contribution in [3.63, 3.8) is 0 Å². The number of hydrogen-bond acceptors (Lipinski definition) is 2. The molecule has 3 atom stereocenters. The lowest BCUT2D eigenvalue weighted by molar-refractivity contribution is 0.118. The Hall–Kier alpha value is -0.860. The van der Waals surface area contributed by atoms with Gasteiger partial charge in [0.25, 0.3) is 0 Å². The largest absolute Gasteiger partial charge is 0.378 e. The van der Waals surface area contributed by atoms with Gasteiger partial charge in [-0.1, -0.05) is 37.6 Å². The molecule has 1 aliphatic heterocycles. The summed E-state index contributed by atoms with van der Waals surface area (Å²) in [6, 6.07) is 8.89. The molecular formula is C15H23NO. The first-order chi connectivity index (χ1) is 8.20. The molecule has 1 aromatic carbocycles. The van der Waals surface area contributed by atoms with E-state index in [1.807, 2.05) is 0 Å². The van der Waals surface area contributed by atoms with Gasteiger partial charge in [-0.15, -0.1) is 0 Å². The van der Waals surface area contributed by atoms with Crippen molar-refractivity contribution in [1.82, 2.24) is 0 Å². The van der Waals surface area contributed by atoms with Gasteiger partial charge >= 0.3 is 0 Å². The maximum Gasteiger partial charge on any atom is 0.0551 e. The maximum atomic E-state index is 6.31. The van der Waals surface area contributed by atoms with Crippen LogP contribution in [-0.2, 0) is 11.2 Å². The van der Waals surface area contributed by atoms with E-state index < -0.39 is 0 Å². The number of aryl methyl sites for hydroxylation is 1. The topological polar surface area (TPSA) is 35.2 Å². The zero-order chi connectivity index (χ0) is 12.3. The molecule has 17 heavy (non-hydrogen) atoms. The Labute approximate surface area is 104 Å². The van der Waals surface area contributed by atoms with Crippen LogP contribution in [0.25, 0.3) is 0 Å². The van der Waals surface area contributed by atoms with Crippen LogP contribution < -0.4 is 5.73 Å². The van der Waals surface area contributed by atoms with E-state index in [9.17, 15) is 0 Å². The standard InChI is InChI=1S/C15H23NO/c1-3-4-12-5-7-13(8-6-12)15(16)14-9-11(2)17-10-14/h5-8,11,14-15H,3-4,9-10,16H2,1-2H3. The Morgan fingerprint density at radius 1 is 1.35 bits per heavy atom. The second-order valence-corrected chi connectivity index (χ2v) is 5.16. The summed E-state index contributed by atoms with van der Waals surface area (Å²) in [4.78, 5) is 0. The van der Waals surface area contributed by atoms with E-state index in [1.54, 1.807) is 0 Å². The molecule has 1 fully saturated rings. The van der Waals surface area contributed by atoms with Crippen molar-refractivity contribution in [1.29, 1.82) is 0 Å². The first-order valence-electron chi connectivity index (χ1n) is 6.66. The lowest BCUT2D eigenvalue weighted by Crippen LogP contribution is -2.21. The highest BCUT2D eigenvalue weighted by atomic mass is 16.5. The van der Waals surface area contributed by atoms with Gasteiger partial charge in [-0.25, -0.2) is 0 Å². The Kier molecular flexibility index (Phi) is 4.19. The van der Waals surface area contributed by atoms with Crippen LogP contribution in [0, 0.1) is 5.92 Å². The van der Waals surface area contributed by atoms with Gasteiger partial charge in [0.15, 0.2) is 0 Å². The third-order valence-corrected chi connectivity index (χ3v) is 3.64. The van der Waals surface area contributed by atoms with Crippen molar-refractivity contribution in [3.8, 4) is 0 Å². The van der Waals surface area contributed by atoms with Crippen LogP contribution in [0.2, 0.25) is 0 Å². The monoisotopic (exact) mass is 233 g/mol.